The highest BCUT2D eigenvalue weighted by Gasteiger charge is 2.36. The van der Waals surface area contributed by atoms with Crippen LogP contribution in [0.3, 0.4) is 0 Å². The number of esters is 1. The van der Waals surface area contributed by atoms with Crippen LogP contribution >= 0.6 is 11.8 Å². The van der Waals surface area contributed by atoms with E-state index in [1.165, 1.54) is 23.8 Å². The summed E-state index contributed by atoms with van der Waals surface area (Å²) in [4.78, 5) is 52.4. The Morgan fingerprint density at radius 2 is 1.67 bits per heavy atom. The number of alkyl carbamates (subject to hydrolysis) is 1. The third kappa shape index (κ3) is 10.6. The number of amides is 3. The van der Waals surface area contributed by atoms with Crippen molar-refractivity contribution in [3.63, 3.8) is 0 Å². The van der Waals surface area contributed by atoms with Gasteiger partial charge in [-0.25, -0.2) is 22.8 Å². The van der Waals surface area contributed by atoms with Crippen LogP contribution in [0.2, 0.25) is 0 Å². The maximum Gasteiger partial charge on any atom is 0.407 e. The van der Waals surface area contributed by atoms with Crippen molar-refractivity contribution in [3.05, 3.63) is 65.0 Å². The summed E-state index contributed by atoms with van der Waals surface area (Å²) < 4.78 is 57.7. The molecule has 2 unspecified atom stereocenters. The van der Waals surface area contributed by atoms with E-state index in [1.54, 1.807) is 45.0 Å². The predicted molar refractivity (Wildman–Crippen MR) is 165 cm³/mol. The summed E-state index contributed by atoms with van der Waals surface area (Å²) in [5.41, 5.74) is -0.358. The number of methoxy groups -OCH3 is 1. The number of ether oxygens (including phenoxy) is 3. The van der Waals surface area contributed by atoms with Crippen LogP contribution in [0.4, 0.5) is 18.0 Å². The number of hydrogen-bond acceptors (Lipinski definition) is 8. The van der Waals surface area contributed by atoms with Crippen LogP contribution < -0.4 is 15.4 Å². The predicted octanol–water partition coefficient (Wildman–Crippen LogP) is 4.72. The number of nitrogens with zero attached hydrogens (tertiary/aromatic N) is 1. The van der Waals surface area contributed by atoms with E-state index in [4.69, 9.17) is 14.2 Å². The first-order valence-electron chi connectivity index (χ1n) is 14.7. The first-order valence-corrected chi connectivity index (χ1v) is 15.8. The molecule has 3 rings (SSSR count). The van der Waals surface area contributed by atoms with Gasteiger partial charge in [0.25, 0.3) is 5.91 Å². The molecule has 14 heteroatoms. The number of benzene rings is 2. The van der Waals surface area contributed by atoms with Crippen LogP contribution in [0.25, 0.3) is 0 Å². The molecule has 10 nitrogen and oxygen atoms in total. The monoisotopic (exact) mass is 667 g/mol. The quantitative estimate of drug-likeness (QED) is 0.246. The van der Waals surface area contributed by atoms with Gasteiger partial charge in [-0.3, -0.25) is 9.59 Å². The van der Waals surface area contributed by atoms with Gasteiger partial charge in [0.1, 0.15) is 17.2 Å². The third-order valence-corrected chi connectivity index (χ3v) is 8.03. The molecular weight excluding hydrogens is 627 g/mol. The Bertz CT molecular complexity index is 1400. The van der Waals surface area contributed by atoms with Crippen molar-refractivity contribution in [2.45, 2.75) is 77.1 Å². The molecule has 1 heterocycles. The first kappa shape index (κ1) is 36.5. The van der Waals surface area contributed by atoms with E-state index in [1.807, 2.05) is 13.8 Å². The average Bonchev–Trinajstić information content (AvgIpc) is 3.47. The zero-order valence-electron chi connectivity index (χ0n) is 26.7. The Morgan fingerprint density at radius 1 is 1.02 bits per heavy atom. The maximum absolute atomic E-state index is 14.5. The molecule has 2 aromatic carbocycles. The molecule has 46 heavy (non-hydrogen) atoms. The second-order valence-corrected chi connectivity index (χ2v) is 13.3. The highest BCUT2D eigenvalue weighted by atomic mass is 32.2. The Morgan fingerprint density at radius 3 is 2.28 bits per heavy atom. The Labute approximate surface area is 270 Å². The SMILES string of the molecule is COC(=O)C(Oc1ccc(CNC(=O)C2SCCN2C(=O)C[C@@H](Cc2cc(F)c(F)cc2F)NC(=O)OC(C)(C)C)cc1)C(C)C. The van der Waals surface area contributed by atoms with E-state index in [0.717, 1.165) is 5.56 Å². The van der Waals surface area contributed by atoms with Gasteiger partial charge in [-0.1, -0.05) is 26.0 Å². The summed E-state index contributed by atoms with van der Waals surface area (Å²) in [5.74, 6) is -4.23. The van der Waals surface area contributed by atoms with E-state index in [-0.39, 0.29) is 37.4 Å². The summed E-state index contributed by atoms with van der Waals surface area (Å²) in [6.07, 6.45) is -2.33. The van der Waals surface area contributed by atoms with Crippen LogP contribution in [-0.2, 0) is 36.8 Å². The zero-order valence-corrected chi connectivity index (χ0v) is 27.5. The fourth-order valence-electron chi connectivity index (χ4n) is 4.59. The van der Waals surface area contributed by atoms with Gasteiger partial charge < -0.3 is 29.7 Å². The number of hydrogen-bond donors (Lipinski definition) is 2. The smallest absolute Gasteiger partial charge is 0.407 e. The van der Waals surface area contributed by atoms with Gasteiger partial charge >= 0.3 is 12.1 Å². The fraction of sp³-hybridized carbons (Fsp3) is 0.500. The Kier molecular flexibility index (Phi) is 12.8. The fourth-order valence-corrected chi connectivity index (χ4v) is 5.75. The van der Waals surface area contributed by atoms with Crippen molar-refractivity contribution in [1.29, 1.82) is 0 Å². The third-order valence-electron chi connectivity index (χ3n) is 6.83. The van der Waals surface area contributed by atoms with Gasteiger partial charge in [0, 0.05) is 43.3 Å². The maximum atomic E-state index is 14.5. The van der Waals surface area contributed by atoms with Crippen LogP contribution in [0.1, 0.15) is 52.2 Å². The molecule has 1 aliphatic rings. The highest BCUT2D eigenvalue weighted by molar-refractivity contribution is 8.00. The van der Waals surface area contributed by atoms with Gasteiger partial charge in [-0.15, -0.1) is 11.8 Å². The van der Waals surface area contributed by atoms with Gasteiger partial charge in [0.05, 0.1) is 7.11 Å². The minimum atomic E-state index is -1.36. The number of thioether (sulfide) groups is 1. The Balaban J connectivity index is 1.65. The van der Waals surface area contributed by atoms with E-state index in [2.05, 4.69) is 10.6 Å². The lowest BCUT2D eigenvalue weighted by atomic mass is 10.0. The van der Waals surface area contributed by atoms with Crippen molar-refractivity contribution in [1.82, 2.24) is 15.5 Å². The lowest BCUT2D eigenvalue weighted by Gasteiger charge is -2.27. The number of halogens is 3. The normalized spacial score (nSPS) is 16.0. The molecule has 0 spiro atoms. The van der Waals surface area contributed by atoms with Gasteiger partial charge in [-0.2, -0.15) is 0 Å². The van der Waals surface area contributed by atoms with Crippen molar-refractivity contribution in [3.8, 4) is 5.75 Å². The minimum Gasteiger partial charge on any atom is -0.478 e. The largest absolute Gasteiger partial charge is 0.478 e. The summed E-state index contributed by atoms with van der Waals surface area (Å²) in [6.45, 7) is 9.01. The molecule has 1 saturated heterocycles. The zero-order chi connectivity index (χ0) is 34.2. The topological polar surface area (TPSA) is 123 Å². The standard InChI is InChI=1S/C32H40F3N3O7S/c1-18(2)27(30(41)43-6)44-22-9-7-19(8-10-22)17-36-28(40)29-38(11-12-46-29)26(39)15-21(37-31(42)45-32(3,4)5)13-20-14-24(34)25(35)16-23(20)33/h7-10,14,16,18,21,27,29H,11-13,15,17H2,1-6H3,(H,36,40)(H,37,42)/t21-,27?,29?/m1/s1. The molecule has 2 aromatic rings. The number of carbonyl (C=O) groups excluding carboxylic acids is 4. The van der Waals surface area contributed by atoms with E-state index in [0.29, 0.717) is 23.6 Å². The number of nitrogens with one attached hydrogen (secondary N) is 2. The van der Waals surface area contributed by atoms with Crippen molar-refractivity contribution in [2.75, 3.05) is 19.4 Å². The highest BCUT2D eigenvalue weighted by Crippen LogP contribution is 2.26. The molecule has 1 fully saturated rings. The van der Waals surface area contributed by atoms with Crippen molar-refractivity contribution in [2.24, 2.45) is 5.92 Å². The second-order valence-electron chi connectivity index (χ2n) is 12.1. The van der Waals surface area contributed by atoms with E-state index < -0.39 is 64.4 Å². The minimum absolute atomic E-state index is 0.114. The van der Waals surface area contributed by atoms with Crippen molar-refractivity contribution < 1.29 is 46.6 Å². The average molecular weight is 668 g/mol. The van der Waals surface area contributed by atoms with Crippen LogP contribution in [0.15, 0.2) is 36.4 Å². The molecule has 2 N–H and O–H groups in total. The Hall–Kier alpha value is -3.94. The molecule has 0 aliphatic carbocycles. The second kappa shape index (κ2) is 16.1. The summed E-state index contributed by atoms with van der Waals surface area (Å²) in [5, 5.41) is 4.48. The van der Waals surface area contributed by atoms with Crippen LogP contribution in [0, 0.1) is 23.4 Å². The summed E-state index contributed by atoms with van der Waals surface area (Å²) >= 11 is 1.26. The van der Waals surface area contributed by atoms with Crippen LogP contribution in [0.5, 0.6) is 5.75 Å². The number of carbonyl (C=O) groups is 4. The van der Waals surface area contributed by atoms with E-state index >= 15 is 0 Å². The molecule has 0 bridgehead atoms. The molecule has 1 aliphatic heterocycles. The van der Waals surface area contributed by atoms with Crippen LogP contribution in [-0.4, -0.2) is 71.3 Å². The lowest BCUT2D eigenvalue weighted by Crippen LogP contribution is -2.48. The molecule has 3 amide bonds. The number of rotatable bonds is 12. The van der Waals surface area contributed by atoms with E-state index in [9.17, 15) is 32.3 Å². The molecule has 0 aromatic heterocycles. The lowest BCUT2D eigenvalue weighted by molar-refractivity contribution is -0.150. The van der Waals surface area contributed by atoms with Crippen molar-refractivity contribution >= 4 is 35.6 Å². The molecule has 252 valence electrons. The first-order chi connectivity index (χ1) is 21.6. The molecule has 0 radical (unpaired) electrons. The van der Waals surface area contributed by atoms with Gasteiger partial charge in [0.15, 0.2) is 23.1 Å². The molecule has 0 saturated carbocycles. The van der Waals surface area contributed by atoms with Gasteiger partial charge in [-0.05, 0) is 56.5 Å². The molecular formula is C32H40F3N3O7S. The summed E-state index contributed by atoms with van der Waals surface area (Å²) in [6, 6.07) is 6.85. The molecule has 3 atom stereocenters. The van der Waals surface area contributed by atoms with Gasteiger partial charge in [0.2, 0.25) is 5.91 Å². The summed E-state index contributed by atoms with van der Waals surface area (Å²) in [7, 11) is 1.29.